The Balaban J connectivity index is 0. The lowest BCUT2D eigenvalue weighted by Gasteiger charge is -1.95. The molecular formula is C6H13NO2S2. The average Bonchev–Trinajstić information content (AvgIpc) is 2.04. The summed E-state index contributed by atoms with van der Waals surface area (Å²) in [7, 11) is 4.80. The summed E-state index contributed by atoms with van der Waals surface area (Å²) in [6, 6.07) is 0. The zero-order chi connectivity index (χ0) is 9.28. The Labute approximate surface area is 78.1 Å². The Morgan fingerprint density at radius 1 is 1.18 bits per heavy atom. The minimum absolute atomic E-state index is 0.426. The molecule has 0 amide bonds. The van der Waals surface area contributed by atoms with E-state index in [1.54, 1.807) is 21.1 Å². The van der Waals surface area contributed by atoms with Crippen LogP contribution in [0.25, 0.3) is 0 Å². The zero-order valence-electron chi connectivity index (χ0n) is 7.13. The highest BCUT2D eigenvalue weighted by molar-refractivity contribution is 7.80. The van der Waals surface area contributed by atoms with E-state index < -0.39 is 0 Å². The van der Waals surface area contributed by atoms with Gasteiger partial charge in [0.25, 0.3) is 5.17 Å². The van der Waals surface area contributed by atoms with E-state index in [4.69, 9.17) is 0 Å². The molecule has 0 radical (unpaired) electrons. The standard InChI is InChI=1S/C3H7NOS.C3H6OS/c1-4-3(6)5-2;1-3(5)4-2/h1-2H3,(H,4,6);1-2H3. The maximum atomic E-state index is 4.52. The molecule has 0 aliphatic carbocycles. The fourth-order valence-electron chi connectivity index (χ4n) is 0.102. The molecule has 0 unspecified atom stereocenters. The van der Waals surface area contributed by atoms with Gasteiger partial charge in [0.2, 0.25) is 0 Å². The average molecular weight is 195 g/mol. The maximum absolute atomic E-state index is 4.52. The van der Waals surface area contributed by atoms with E-state index in [1.807, 2.05) is 0 Å². The second kappa shape index (κ2) is 9.58. The Bertz CT molecular complexity index is 122. The topological polar surface area (TPSA) is 30.5 Å². The van der Waals surface area contributed by atoms with Crippen LogP contribution in [0.3, 0.4) is 0 Å². The first-order valence-corrected chi connectivity index (χ1v) is 3.70. The number of hydrogen-bond donors (Lipinski definition) is 1. The molecule has 0 saturated heterocycles. The Morgan fingerprint density at radius 3 is 1.55 bits per heavy atom. The van der Waals surface area contributed by atoms with Crippen LogP contribution < -0.4 is 5.32 Å². The van der Waals surface area contributed by atoms with Gasteiger partial charge in [-0.1, -0.05) is 0 Å². The number of hydrogen-bond acceptors (Lipinski definition) is 4. The molecule has 0 saturated carbocycles. The molecule has 66 valence electrons. The summed E-state index contributed by atoms with van der Waals surface area (Å²) in [5.74, 6) is 0. The van der Waals surface area contributed by atoms with Crippen molar-refractivity contribution in [2.24, 2.45) is 0 Å². The smallest absolute Gasteiger partial charge is 0.256 e. The predicted octanol–water partition coefficient (Wildman–Crippen LogP) is 1.12. The summed E-state index contributed by atoms with van der Waals surface area (Å²) < 4.78 is 9.00. The van der Waals surface area contributed by atoms with Crippen LogP contribution in [0.2, 0.25) is 0 Å². The number of thiocarbonyl (C=S) groups is 2. The molecule has 3 nitrogen and oxygen atoms in total. The quantitative estimate of drug-likeness (QED) is 0.585. The van der Waals surface area contributed by atoms with Gasteiger partial charge in [-0.3, -0.25) is 0 Å². The molecule has 0 fully saturated rings. The van der Waals surface area contributed by atoms with E-state index in [0.29, 0.717) is 10.2 Å². The van der Waals surface area contributed by atoms with Crippen molar-refractivity contribution in [3.63, 3.8) is 0 Å². The zero-order valence-corrected chi connectivity index (χ0v) is 8.77. The lowest BCUT2D eigenvalue weighted by Crippen LogP contribution is -2.16. The van der Waals surface area contributed by atoms with Crippen molar-refractivity contribution in [1.82, 2.24) is 5.32 Å². The molecular weight excluding hydrogens is 182 g/mol. The lowest BCUT2D eigenvalue weighted by molar-refractivity contribution is 0.398. The number of nitrogens with one attached hydrogen (secondary N) is 1. The van der Waals surface area contributed by atoms with E-state index in [-0.39, 0.29) is 0 Å². The van der Waals surface area contributed by atoms with Crippen LogP contribution in [-0.4, -0.2) is 31.5 Å². The van der Waals surface area contributed by atoms with Gasteiger partial charge in [-0.25, -0.2) is 0 Å². The SMILES string of the molecule is CNC(=S)OC.COC(C)=S. The highest BCUT2D eigenvalue weighted by Crippen LogP contribution is 1.68. The monoisotopic (exact) mass is 195 g/mol. The molecule has 0 aliphatic heterocycles. The molecule has 0 aromatic heterocycles. The summed E-state index contributed by atoms with van der Waals surface area (Å²) in [6.45, 7) is 1.73. The Hall–Kier alpha value is -0.420. The number of methoxy groups -OCH3 is 2. The van der Waals surface area contributed by atoms with Crippen molar-refractivity contribution < 1.29 is 9.47 Å². The van der Waals surface area contributed by atoms with E-state index in [0.717, 1.165) is 0 Å². The van der Waals surface area contributed by atoms with E-state index >= 15 is 0 Å². The third-order valence-corrected chi connectivity index (χ3v) is 1.21. The normalized spacial score (nSPS) is 6.91. The summed E-state index contributed by atoms with van der Waals surface area (Å²) in [6.07, 6.45) is 0. The first kappa shape index (κ1) is 13.2. The molecule has 0 spiro atoms. The summed E-state index contributed by atoms with van der Waals surface area (Å²) in [5.41, 5.74) is 0. The van der Waals surface area contributed by atoms with Crippen LogP contribution in [0.5, 0.6) is 0 Å². The molecule has 0 atom stereocenters. The third-order valence-electron chi connectivity index (χ3n) is 0.677. The molecule has 0 aliphatic rings. The predicted molar refractivity (Wildman–Crippen MR) is 53.9 cm³/mol. The van der Waals surface area contributed by atoms with Gasteiger partial charge < -0.3 is 14.8 Å². The van der Waals surface area contributed by atoms with Crippen molar-refractivity contribution >= 4 is 34.7 Å². The third kappa shape index (κ3) is 17.7. The van der Waals surface area contributed by atoms with Gasteiger partial charge in [-0.2, -0.15) is 0 Å². The first-order valence-electron chi connectivity index (χ1n) is 2.88. The molecule has 0 aromatic carbocycles. The minimum Gasteiger partial charge on any atom is -0.491 e. The summed E-state index contributed by atoms with van der Waals surface area (Å²) in [4.78, 5) is 0. The van der Waals surface area contributed by atoms with Crippen molar-refractivity contribution in [3.8, 4) is 0 Å². The highest BCUT2D eigenvalue weighted by atomic mass is 32.1. The van der Waals surface area contributed by atoms with Crippen LogP contribution in [-0.2, 0) is 9.47 Å². The molecule has 11 heavy (non-hydrogen) atoms. The molecule has 0 bridgehead atoms. The van der Waals surface area contributed by atoms with Gasteiger partial charge >= 0.3 is 0 Å². The fourth-order valence-corrected chi connectivity index (χ4v) is 0.102. The molecule has 0 aromatic rings. The van der Waals surface area contributed by atoms with Crippen molar-refractivity contribution in [1.29, 1.82) is 0 Å². The summed E-state index contributed by atoms with van der Waals surface area (Å²) in [5, 5.41) is 3.64. The highest BCUT2D eigenvalue weighted by Gasteiger charge is 1.78. The largest absolute Gasteiger partial charge is 0.491 e. The minimum atomic E-state index is 0.426. The van der Waals surface area contributed by atoms with E-state index in [2.05, 4.69) is 39.2 Å². The lowest BCUT2D eigenvalue weighted by atomic mass is 10.9. The van der Waals surface area contributed by atoms with Crippen molar-refractivity contribution in [3.05, 3.63) is 0 Å². The van der Waals surface area contributed by atoms with Crippen LogP contribution in [0, 0.1) is 0 Å². The van der Waals surface area contributed by atoms with Gasteiger partial charge in [-0.05, 0) is 24.4 Å². The number of rotatable bonds is 0. The van der Waals surface area contributed by atoms with Gasteiger partial charge in [0.05, 0.1) is 14.2 Å². The molecule has 0 rings (SSSR count). The molecule has 5 heteroatoms. The second-order valence-corrected chi connectivity index (χ2v) is 2.38. The van der Waals surface area contributed by atoms with Crippen LogP contribution in [0.4, 0.5) is 0 Å². The van der Waals surface area contributed by atoms with Gasteiger partial charge in [0.15, 0.2) is 5.05 Å². The van der Waals surface area contributed by atoms with Crippen molar-refractivity contribution in [2.45, 2.75) is 6.92 Å². The molecule has 0 heterocycles. The molecule has 1 N–H and O–H groups in total. The maximum Gasteiger partial charge on any atom is 0.256 e. The van der Waals surface area contributed by atoms with Crippen LogP contribution in [0.15, 0.2) is 0 Å². The van der Waals surface area contributed by atoms with Gasteiger partial charge in [0.1, 0.15) is 0 Å². The first-order chi connectivity index (χ1) is 5.08. The Kier molecular flexibility index (Phi) is 11.5. The number of ether oxygens (including phenoxy) is 2. The van der Waals surface area contributed by atoms with Gasteiger partial charge in [0, 0.05) is 14.0 Å². The van der Waals surface area contributed by atoms with Crippen LogP contribution >= 0.6 is 24.4 Å². The fraction of sp³-hybridized carbons (Fsp3) is 0.667. The Morgan fingerprint density at radius 2 is 1.55 bits per heavy atom. The van der Waals surface area contributed by atoms with Crippen LogP contribution in [0.1, 0.15) is 6.92 Å². The van der Waals surface area contributed by atoms with E-state index in [9.17, 15) is 0 Å². The second-order valence-electron chi connectivity index (χ2n) is 1.44. The van der Waals surface area contributed by atoms with E-state index in [1.165, 1.54) is 7.11 Å². The summed E-state index contributed by atoms with van der Waals surface area (Å²) >= 11 is 9.00. The van der Waals surface area contributed by atoms with Crippen molar-refractivity contribution in [2.75, 3.05) is 21.3 Å². The van der Waals surface area contributed by atoms with Gasteiger partial charge in [-0.15, -0.1) is 0 Å².